The van der Waals surface area contributed by atoms with Gasteiger partial charge < -0.3 is 10.1 Å². The number of rotatable bonds is 4. The molecule has 1 aliphatic rings. The summed E-state index contributed by atoms with van der Waals surface area (Å²) >= 11 is 0. The van der Waals surface area contributed by atoms with E-state index < -0.39 is 0 Å². The van der Waals surface area contributed by atoms with E-state index in [1.54, 1.807) is 0 Å². The van der Waals surface area contributed by atoms with Crippen molar-refractivity contribution in [1.29, 1.82) is 0 Å². The van der Waals surface area contributed by atoms with Gasteiger partial charge in [0.15, 0.2) is 0 Å². The van der Waals surface area contributed by atoms with Gasteiger partial charge in [0.1, 0.15) is 0 Å². The minimum absolute atomic E-state index is 0.532. The van der Waals surface area contributed by atoms with Crippen molar-refractivity contribution in [1.82, 2.24) is 5.32 Å². The molecule has 2 heteroatoms. The minimum Gasteiger partial charge on any atom is -0.381 e. The summed E-state index contributed by atoms with van der Waals surface area (Å²) in [5.74, 6) is 0.867. The molecule has 2 nitrogen and oxygen atoms in total. The topological polar surface area (TPSA) is 21.3 Å². The molecular formula is C11H23NO. The molecular weight excluding hydrogens is 162 g/mol. The highest BCUT2D eigenvalue weighted by Gasteiger charge is 2.24. The first-order chi connectivity index (χ1) is 6.27. The minimum atomic E-state index is 0.532. The highest BCUT2D eigenvalue weighted by atomic mass is 16.5. The summed E-state index contributed by atoms with van der Waals surface area (Å²) in [6, 6.07) is 0.683. The van der Waals surface area contributed by atoms with Gasteiger partial charge in [-0.25, -0.2) is 0 Å². The van der Waals surface area contributed by atoms with Crippen LogP contribution in [0.2, 0.25) is 0 Å². The lowest BCUT2D eigenvalue weighted by atomic mass is 9.83. The molecule has 1 aliphatic carbocycles. The maximum absolute atomic E-state index is 5.36. The second-order valence-electron chi connectivity index (χ2n) is 4.12. The Morgan fingerprint density at radius 2 is 1.92 bits per heavy atom. The van der Waals surface area contributed by atoms with Crippen LogP contribution in [0.4, 0.5) is 0 Å². The van der Waals surface area contributed by atoms with Crippen molar-refractivity contribution in [3.05, 3.63) is 0 Å². The second-order valence-corrected chi connectivity index (χ2v) is 4.12. The van der Waals surface area contributed by atoms with Crippen LogP contribution in [0, 0.1) is 5.92 Å². The molecule has 1 fully saturated rings. The Morgan fingerprint density at radius 3 is 2.38 bits per heavy atom. The summed E-state index contributed by atoms with van der Waals surface area (Å²) in [5.41, 5.74) is 0. The van der Waals surface area contributed by atoms with E-state index in [-0.39, 0.29) is 0 Å². The Hall–Kier alpha value is -0.0800. The zero-order chi connectivity index (χ0) is 9.68. The molecule has 0 saturated heterocycles. The van der Waals surface area contributed by atoms with Crippen LogP contribution in [0.15, 0.2) is 0 Å². The van der Waals surface area contributed by atoms with Crippen LogP contribution in [0.5, 0.6) is 0 Å². The van der Waals surface area contributed by atoms with E-state index in [9.17, 15) is 0 Å². The van der Waals surface area contributed by atoms with Crippen LogP contribution in [-0.4, -0.2) is 25.8 Å². The molecule has 0 heterocycles. The van der Waals surface area contributed by atoms with Gasteiger partial charge in [-0.15, -0.1) is 0 Å². The van der Waals surface area contributed by atoms with Crippen LogP contribution in [0.25, 0.3) is 0 Å². The molecule has 0 radical (unpaired) electrons. The summed E-state index contributed by atoms with van der Waals surface area (Å²) in [5, 5.41) is 3.51. The number of methoxy groups -OCH3 is 1. The molecule has 1 unspecified atom stereocenters. The predicted molar refractivity (Wildman–Crippen MR) is 55.9 cm³/mol. The molecule has 1 atom stereocenters. The highest BCUT2D eigenvalue weighted by molar-refractivity contribution is 4.79. The molecule has 78 valence electrons. The average Bonchev–Trinajstić information content (AvgIpc) is 2.18. The third-order valence-electron chi connectivity index (χ3n) is 3.29. The standard InChI is InChI=1S/C11H23NO/c1-4-12-9(2)10-5-7-11(13-3)8-6-10/h9-12H,4-8H2,1-3H3. The maximum atomic E-state index is 5.36. The normalized spacial score (nSPS) is 31.6. The lowest BCUT2D eigenvalue weighted by Crippen LogP contribution is -2.36. The monoisotopic (exact) mass is 185 g/mol. The Balaban J connectivity index is 2.23. The van der Waals surface area contributed by atoms with E-state index in [0.29, 0.717) is 12.1 Å². The van der Waals surface area contributed by atoms with Crippen molar-refractivity contribution in [3.63, 3.8) is 0 Å². The predicted octanol–water partition coefficient (Wildman–Crippen LogP) is 2.19. The average molecular weight is 185 g/mol. The molecule has 0 aromatic carbocycles. The smallest absolute Gasteiger partial charge is 0.0571 e. The van der Waals surface area contributed by atoms with Crippen LogP contribution >= 0.6 is 0 Å². The van der Waals surface area contributed by atoms with E-state index in [0.717, 1.165) is 12.5 Å². The number of nitrogens with one attached hydrogen (secondary N) is 1. The van der Waals surface area contributed by atoms with Gasteiger partial charge in [-0.3, -0.25) is 0 Å². The van der Waals surface area contributed by atoms with Gasteiger partial charge in [-0.2, -0.15) is 0 Å². The molecule has 1 saturated carbocycles. The summed E-state index contributed by atoms with van der Waals surface area (Å²) in [6.45, 7) is 5.57. The molecule has 0 aromatic heterocycles. The van der Waals surface area contributed by atoms with E-state index in [1.165, 1.54) is 25.7 Å². The second kappa shape index (κ2) is 5.61. The maximum Gasteiger partial charge on any atom is 0.0571 e. The lowest BCUT2D eigenvalue weighted by Gasteiger charge is -2.31. The fourth-order valence-electron chi connectivity index (χ4n) is 2.31. The van der Waals surface area contributed by atoms with Gasteiger partial charge in [0.05, 0.1) is 6.10 Å². The molecule has 1 N–H and O–H groups in total. The molecule has 13 heavy (non-hydrogen) atoms. The number of hydrogen-bond acceptors (Lipinski definition) is 2. The van der Waals surface area contributed by atoms with Crippen molar-refractivity contribution in [2.75, 3.05) is 13.7 Å². The van der Waals surface area contributed by atoms with Crippen molar-refractivity contribution < 1.29 is 4.74 Å². The van der Waals surface area contributed by atoms with Crippen molar-refractivity contribution >= 4 is 0 Å². The Kier molecular flexibility index (Phi) is 4.74. The quantitative estimate of drug-likeness (QED) is 0.725. The Bertz CT molecular complexity index is 130. The first kappa shape index (κ1) is 11.0. The van der Waals surface area contributed by atoms with Crippen molar-refractivity contribution in [2.45, 2.75) is 51.7 Å². The fraction of sp³-hybridized carbons (Fsp3) is 1.00. The number of ether oxygens (including phenoxy) is 1. The first-order valence-corrected chi connectivity index (χ1v) is 5.54. The van der Waals surface area contributed by atoms with Gasteiger partial charge in [-0.05, 0) is 45.1 Å². The van der Waals surface area contributed by atoms with Gasteiger partial charge in [0.2, 0.25) is 0 Å². The summed E-state index contributed by atoms with van der Waals surface area (Å²) < 4.78 is 5.36. The van der Waals surface area contributed by atoms with Gasteiger partial charge in [0, 0.05) is 13.2 Å². The van der Waals surface area contributed by atoms with Crippen LogP contribution < -0.4 is 5.32 Å². The van der Waals surface area contributed by atoms with E-state index in [1.807, 2.05) is 7.11 Å². The first-order valence-electron chi connectivity index (χ1n) is 5.54. The zero-order valence-corrected chi connectivity index (χ0v) is 9.18. The molecule has 0 amide bonds. The molecule has 0 aliphatic heterocycles. The molecule has 1 rings (SSSR count). The van der Waals surface area contributed by atoms with E-state index in [2.05, 4.69) is 19.2 Å². The van der Waals surface area contributed by atoms with Crippen LogP contribution in [0.3, 0.4) is 0 Å². The lowest BCUT2D eigenvalue weighted by molar-refractivity contribution is 0.0516. The Morgan fingerprint density at radius 1 is 1.31 bits per heavy atom. The number of hydrogen-bond donors (Lipinski definition) is 1. The van der Waals surface area contributed by atoms with E-state index >= 15 is 0 Å². The van der Waals surface area contributed by atoms with Gasteiger partial charge in [0.25, 0.3) is 0 Å². The van der Waals surface area contributed by atoms with Gasteiger partial charge in [-0.1, -0.05) is 6.92 Å². The third kappa shape index (κ3) is 3.28. The van der Waals surface area contributed by atoms with Crippen molar-refractivity contribution in [3.8, 4) is 0 Å². The Labute approximate surface area is 82.0 Å². The van der Waals surface area contributed by atoms with E-state index in [4.69, 9.17) is 4.74 Å². The summed E-state index contributed by atoms with van der Waals surface area (Å²) in [4.78, 5) is 0. The molecule has 0 bridgehead atoms. The molecule has 0 aromatic rings. The summed E-state index contributed by atoms with van der Waals surface area (Å²) in [7, 11) is 1.83. The molecule has 0 spiro atoms. The van der Waals surface area contributed by atoms with Gasteiger partial charge >= 0.3 is 0 Å². The fourth-order valence-corrected chi connectivity index (χ4v) is 2.31. The van der Waals surface area contributed by atoms with Crippen LogP contribution in [-0.2, 0) is 4.74 Å². The SMILES string of the molecule is CCNC(C)C1CCC(OC)CC1. The largest absolute Gasteiger partial charge is 0.381 e. The highest BCUT2D eigenvalue weighted by Crippen LogP contribution is 2.28. The van der Waals surface area contributed by atoms with Crippen molar-refractivity contribution in [2.24, 2.45) is 5.92 Å². The third-order valence-corrected chi connectivity index (χ3v) is 3.29. The summed E-state index contributed by atoms with van der Waals surface area (Å²) in [6.07, 6.45) is 5.68. The van der Waals surface area contributed by atoms with Crippen LogP contribution in [0.1, 0.15) is 39.5 Å². The zero-order valence-electron chi connectivity index (χ0n) is 9.18.